The smallest absolute Gasteiger partial charge is 0.0476 e. The van der Waals surface area contributed by atoms with E-state index < -0.39 is 0 Å². The fraction of sp³-hybridized carbons (Fsp3) is 0.250. The highest BCUT2D eigenvalue weighted by atomic mass is 79.9. The maximum absolute atomic E-state index is 5.89. The molecule has 100 valence electrons. The van der Waals surface area contributed by atoms with Gasteiger partial charge in [-0.05, 0) is 47.9 Å². The van der Waals surface area contributed by atoms with Crippen LogP contribution in [0.2, 0.25) is 0 Å². The maximum Gasteiger partial charge on any atom is 0.0476 e. The Labute approximate surface area is 128 Å². The predicted molar refractivity (Wildman–Crippen MR) is 87.0 cm³/mol. The summed E-state index contributed by atoms with van der Waals surface area (Å²) in [6.45, 7) is 2.99. The Balaban J connectivity index is 2.15. The Morgan fingerprint density at radius 3 is 2.58 bits per heavy atom. The average molecular weight is 339 g/mol. The van der Waals surface area contributed by atoms with Gasteiger partial charge in [-0.25, -0.2) is 0 Å². The lowest BCUT2D eigenvalue weighted by Crippen LogP contribution is -2.16. The van der Waals surface area contributed by atoms with Crippen LogP contribution in [0.5, 0.6) is 0 Å². The van der Waals surface area contributed by atoms with Crippen molar-refractivity contribution in [2.45, 2.75) is 19.3 Å². The van der Waals surface area contributed by atoms with E-state index >= 15 is 0 Å². The molecule has 19 heavy (non-hydrogen) atoms. The molecule has 0 aliphatic rings. The molecule has 0 amide bonds. The summed E-state index contributed by atoms with van der Waals surface area (Å²) >= 11 is 9.40. The highest BCUT2D eigenvalue weighted by Crippen LogP contribution is 2.21. The lowest BCUT2D eigenvalue weighted by Gasteiger charge is -2.20. The van der Waals surface area contributed by atoms with Gasteiger partial charge in [0.25, 0.3) is 0 Å². The standard InChI is InChI=1S/C16H17BrClN/c1-12-8-16(7-6-14(12)10-18)19(2)11-13-4-3-5-15(17)9-13/h3-9H,10-11H2,1-2H3. The molecule has 0 aliphatic carbocycles. The zero-order valence-corrected chi connectivity index (χ0v) is 13.5. The average Bonchev–Trinajstić information content (AvgIpc) is 2.38. The summed E-state index contributed by atoms with van der Waals surface area (Å²) in [4.78, 5) is 2.24. The van der Waals surface area contributed by atoms with Crippen molar-refractivity contribution >= 4 is 33.2 Å². The van der Waals surface area contributed by atoms with E-state index in [1.165, 1.54) is 22.4 Å². The molecule has 0 atom stereocenters. The van der Waals surface area contributed by atoms with Crippen LogP contribution in [0, 0.1) is 6.92 Å². The Morgan fingerprint density at radius 2 is 1.95 bits per heavy atom. The van der Waals surface area contributed by atoms with Crippen LogP contribution in [0.15, 0.2) is 46.9 Å². The Hall–Kier alpha value is -0.990. The van der Waals surface area contributed by atoms with Crippen LogP contribution in [0.1, 0.15) is 16.7 Å². The number of rotatable bonds is 4. The van der Waals surface area contributed by atoms with Crippen molar-refractivity contribution in [3.05, 3.63) is 63.6 Å². The van der Waals surface area contributed by atoms with E-state index in [9.17, 15) is 0 Å². The second-order valence-corrected chi connectivity index (χ2v) is 5.91. The number of halogens is 2. The minimum Gasteiger partial charge on any atom is -0.370 e. The van der Waals surface area contributed by atoms with Gasteiger partial charge in [0.15, 0.2) is 0 Å². The molecule has 0 fully saturated rings. The second-order valence-electron chi connectivity index (χ2n) is 4.73. The fourth-order valence-corrected chi connectivity index (χ4v) is 2.81. The minimum atomic E-state index is 0.571. The van der Waals surface area contributed by atoms with Gasteiger partial charge in [0, 0.05) is 29.6 Å². The minimum absolute atomic E-state index is 0.571. The molecule has 1 nitrogen and oxygen atoms in total. The Bertz CT molecular complexity index is 568. The summed E-state index contributed by atoms with van der Waals surface area (Å²) in [5.41, 5.74) is 4.94. The van der Waals surface area contributed by atoms with E-state index in [-0.39, 0.29) is 0 Å². The first-order chi connectivity index (χ1) is 9.10. The molecule has 0 unspecified atom stereocenters. The van der Waals surface area contributed by atoms with Crippen molar-refractivity contribution in [3.63, 3.8) is 0 Å². The molecule has 0 aliphatic heterocycles. The van der Waals surface area contributed by atoms with E-state index in [0.717, 1.165) is 11.0 Å². The van der Waals surface area contributed by atoms with Crippen molar-refractivity contribution in [3.8, 4) is 0 Å². The number of aryl methyl sites for hydroxylation is 1. The number of alkyl halides is 1. The molecule has 3 heteroatoms. The van der Waals surface area contributed by atoms with E-state index in [1.54, 1.807) is 0 Å². The molecule has 2 rings (SSSR count). The maximum atomic E-state index is 5.89. The van der Waals surface area contributed by atoms with Gasteiger partial charge in [0.05, 0.1) is 0 Å². The van der Waals surface area contributed by atoms with Crippen LogP contribution in [0.3, 0.4) is 0 Å². The summed E-state index contributed by atoms with van der Waals surface area (Å²) in [7, 11) is 2.11. The van der Waals surface area contributed by atoms with Gasteiger partial charge in [0.2, 0.25) is 0 Å². The monoisotopic (exact) mass is 337 g/mol. The summed E-state index contributed by atoms with van der Waals surface area (Å²) in [6.07, 6.45) is 0. The van der Waals surface area contributed by atoms with Crippen LogP contribution in [-0.2, 0) is 12.4 Å². The van der Waals surface area contributed by atoms with E-state index in [0.29, 0.717) is 5.88 Å². The van der Waals surface area contributed by atoms with Crippen molar-refractivity contribution in [2.75, 3.05) is 11.9 Å². The first kappa shape index (κ1) is 14.4. The molecule has 0 bridgehead atoms. The summed E-state index contributed by atoms with van der Waals surface area (Å²) in [5, 5.41) is 0. The Morgan fingerprint density at radius 1 is 1.16 bits per heavy atom. The zero-order chi connectivity index (χ0) is 13.8. The molecular weight excluding hydrogens is 322 g/mol. The number of benzene rings is 2. The first-order valence-electron chi connectivity index (χ1n) is 6.21. The number of hydrogen-bond acceptors (Lipinski definition) is 1. The second kappa shape index (κ2) is 6.44. The zero-order valence-electron chi connectivity index (χ0n) is 11.2. The first-order valence-corrected chi connectivity index (χ1v) is 7.54. The molecule has 0 spiro atoms. The van der Waals surface area contributed by atoms with E-state index in [1.807, 2.05) is 6.07 Å². The largest absolute Gasteiger partial charge is 0.370 e. The summed E-state index contributed by atoms with van der Waals surface area (Å²) in [6, 6.07) is 14.8. The highest BCUT2D eigenvalue weighted by Gasteiger charge is 2.05. The third kappa shape index (κ3) is 3.74. The van der Waals surface area contributed by atoms with Gasteiger partial charge in [-0.15, -0.1) is 11.6 Å². The summed E-state index contributed by atoms with van der Waals surface area (Å²) < 4.78 is 1.12. The van der Waals surface area contributed by atoms with Crippen molar-refractivity contribution in [1.29, 1.82) is 0 Å². The van der Waals surface area contributed by atoms with Crippen LogP contribution < -0.4 is 4.90 Å². The quantitative estimate of drug-likeness (QED) is 0.698. The molecule has 0 radical (unpaired) electrons. The van der Waals surface area contributed by atoms with Crippen LogP contribution in [0.25, 0.3) is 0 Å². The van der Waals surface area contributed by atoms with Gasteiger partial charge in [-0.1, -0.05) is 34.1 Å². The number of hydrogen-bond donors (Lipinski definition) is 0. The van der Waals surface area contributed by atoms with Gasteiger partial charge in [-0.2, -0.15) is 0 Å². The normalized spacial score (nSPS) is 10.5. The highest BCUT2D eigenvalue weighted by molar-refractivity contribution is 9.10. The van der Waals surface area contributed by atoms with Gasteiger partial charge >= 0.3 is 0 Å². The molecule has 0 N–H and O–H groups in total. The van der Waals surface area contributed by atoms with Gasteiger partial charge in [-0.3, -0.25) is 0 Å². The molecule has 2 aromatic rings. The molecule has 0 aromatic heterocycles. The third-order valence-corrected chi connectivity index (χ3v) is 4.00. The predicted octanol–water partition coefficient (Wildman–Crippen LogP) is 5.13. The van der Waals surface area contributed by atoms with Gasteiger partial charge in [0.1, 0.15) is 0 Å². The molecular formula is C16H17BrClN. The summed E-state index contributed by atoms with van der Waals surface area (Å²) in [5.74, 6) is 0.571. The Kier molecular flexibility index (Phi) is 4.89. The van der Waals surface area contributed by atoms with E-state index in [2.05, 4.69) is 71.2 Å². The van der Waals surface area contributed by atoms with Crippen molar-refractivity contribution < 1.29 is 0 Å². The lowest BCUT2D eigenvalue weighted by molar-refractivity contribution is 0.920. The SMILES string of the molecule is Cc1cc(N(C)Cc2cccc(Br)c2)ccc1CCl. The van der Waals surface area contributed by atoms with E-state index in [4.69, 9.17) is 11.6 Å². The molecule has 2 aromatic carbocycles. The molecule has 0 saturated heterocycles. The fourth-order valence-electron chi connectivity index (χ4n) is 2.07. The molecule has 0 heterocycles. The molecule has 0 saturated carbocycles. The number of anilines is 1. The lowest BCUT2D eigenvalue weighted by atomic mass is 10.1. The van der Waals surface area contributed by atoms with Crippen molar-refractivity contribution in [2.24, 2.45) is 0 Å². The van der Waals surface area contributed by atoms with Crippen molar-refractivity contribution in [1.82, 2.24) is 0 Å². The topological polar surface area (TPSA) is 3.24 Å². The van der Waals surface area contributed by atoms with Crippen LogP contribution in [0.4, 0.5) is 5.69 Å². The number of nitrogens with zero attached hydrogens (tertiary/aromatic N) is 1. The van der Waals surface area contributed by atoms with Crippen LogP contribution in [-0.4, -0.2) is 7.05 Å². The van der Waals surface area contributed by atoms with Crippen LogP contribution >= 0.6 is 27.5 Å². The van der Waals surface area contributed by atoms with Gasteiger partial charge < -0.3 is 4.90 Å². The third-order valence-electron chi connectivity index (χ3n) is 3.22.